The van der Waals surface area contributed by atoms with Crippen molar-refractivity contribution in [1.29, 1.82) is 0 Å². The van der Waals surface area contributed by atoms with Crippen molar-refractivity contribution >= 4 is 11.6 Å². The zero-order valence-corrected chi connectivity index (χ0v) is 13.2. The fourth-order valence-electron chi connectivity index (χ4n) is 2.31. The van der Waals surface area contributed by atoms with E-state index in [2.05, 4.69) is 0 Å². The number of hydrogen-bond donors (Lipinski definition) is 0. The number of carbonyl (C=O) groups excluding carboxylic acids is 2. The van der Waals surface area contributed by atoms with E-state index in [-0.39, 0.29) is 11.6 Å². The molecule has 3 heteroatoms. The molecule has 0 aliphatic rings. The zero-order chi connectivity index (χ0) is 16.3. The molecule has 0 heterocycles. The Hall–Kier alpha value is -2.26. The molecule has 0 atom stereocenters. The second-order valence-corrected chi connectivity index (χ2v) is 5.40. The van der Waals surface area contributed by atoms with Gasteiger partial charge in [0.1, 0.15) is 0 Å². The van der Waals surface area contributed by atoms with Gasteiger partial charge in [0.2, 0.25) is 0 Å². The number of hydrogen-bond acceptors (Lipinski definition) is 3. The molecule has 0 N–H and O–H groups in total. The summed E-state index contributed by atoms with van der Waals surface area (Å²) in [6.45, 7) is 1.11. The summed E-state index contributed by atoms with van der Waals surface area (Å²) in [6, 6.07) is 18.6. The lowest BCUT2D eigenvalue weighted by Gasteiger charge is -2.04. The van der Waals surface area contributed by atoms with Gasteiger partial charge in [-0.15, -0.1) is 0 Å². The molecule has 0 spiro atoms. The van der Waals surface area contributed by atoms with E-state index < -0.39 is 0 Å². The van der Waals surface area contributed by atoms with Crippen LogP contribution in [-0.2, 0) is 4.74 Å². The van der Waals surface area contributed by atoms with Crippen LogP contribution in [0.3, 0.4) is 0 Å². The van der Waals surface area contributed by atoms with Gasteiger partial charge in [-0.2, -0.15) is 0 Å². The van der Waals surface area contributed by atoms with Crippen LogP contribution in [-0.4, -0.2) is 24.8 Å². The molecule has 0 aliphatic carbocycles. The summed E-state index contributed by atoms with van der Waals surface area (Å²) in [5, 5.41) is 0. The molecule has 0 amide bonds. The average molecular weight is 310 g/mol. The quantitative estimate of drug-likeness (QED) is 0.484. The van der Waals surface area contributed by atoms with Gasteiger partial charge in [-0.05, 0) is 12.8 Å². The van der Waals surface area contributed by atoms with Gasteiger partial charge < -0.3 is 4.74 Å². The zero-order valence-electron chi connectivity index (χ0n) is 13.2. The molecular formula is C20H22O3. The Balaban J connectivity index is 1.53. The molecule has 23 heavy (non-hydrogen) atoms. The monoisotopic (exact) mass is 310 g/mol. The Labute approximate surface area is 137 Å². The van der Waals surface area contributed by atoms with Gasteiger partial charge >= 0.3 is 0 Å². The van der Waals surface area contributed by atoms with Crippen LogP contribution in [0.1, 0.15) is 46.4 Å². The summed E-state index contributed by atoms with van der Waals surface area (Å²) in [5.41, 5.74) is 1.50. The van der Waals surface area contributed by atoms with E-state index in [1.54, 1.807) is 0 Å². The molecule has 0 aromatic heterocycles. The Morgan fingerprint density at radius 2 is 1.04 bits per heavy atom. The number of carbonyl (C=O) groups is 2. The first-order chi connectivity index (χ1) is 11.3. The topological polar surface area (TPSA) is 43.4 Å². The SMILES string of the molecule is O=C(CCCOCCCC(=O)c1ccccc1)c1ccccc1. The summed E-state index contributed by atoms with van der Waals surface area (Å²) in [4.78, 5) is 23.8. The van der Waals surface area contributed by atoms with Crippen LogP contribution in [0.2, 0.25) is 0 Å². The van der Waals surface area contributed by atoms with Gasteiger partial charge in [-0.25, -0.2) is 0 Å². The molecular weight excluding hydrogens is 288 g/mol. The van der Waals surface area contributed by atoms with E-state index in [4.69, 9.17) is 4.74 Å². The summed E-state index contributed by atoms with van der Waals surface area (Å²) in [7, 11) is 0. The Kier molecular flexibility index (Phi) is 7.21. The minimum absolute atomic E-state index is 0.147. The molecule has 0 saturated heterocycles. The van der Waals surface area contributed by atoms with Gasteiger partial charge in [-0.1, -0.05) is 60.7 Å². The first-order valence-electron chi connectivity index (χ1n) is 8.01. The van der Waals surface area contributed by atoms with E-state index in [9.17, 15) is 9.59 Å². The van der Waals surface area contributed by atoms with Crippen molar-refractivity contribution in [3.63, 3.8) is 0 Å². The fraction of sp³-hybridized carbons (Fsp3) is 0.300. The standard InChI is InChI=1S/C20H22O3/c21-19(17-9-3-1-4-10-17)13-7-15-23-16-8-14-20(22)18-11-5-2-6-12-18/h1-6,9-12H,7-8,13-16H2. The Bertz CT molecular complexity index is 550. The smallest absolute Gasteiger partial charge is 0.162 e. The molecule has 0 aliphatic heterocycles. The largest absolute Gasteiger partial charge is 0.381 e. The predicted octanol–water partition coefficient (Wildman–Crippen LogP) is 4.33. The van der Waals surface area contributed by atoms with Gasteiger partial charge in [0.25, 0.3) is 0 Å². The van der Waals surface area contributed by atoms with Crippen molar-refractivity contribution in [2.24, 2.45) is 0 Å². The van der Waals surface area contributed by atoms with E-state index in [1.807, 2.05) is 60.7 Å². The third kappa shape index (κ3) is 6.17. The predicted molar refractivity (Wildman–Crippen MR) is 90.8 cm³/mol. The number of Topliss-reactive ketones (excluding diaryl/α,β-unsaturated/α-hetero) is 2. The van der Waals surface area contributed by atoms with Gasteiger partial charge in [-0.3, -0.25) is 9.59 Å². The molecule has 0 saturated carbocycles. The van der Waals surface area contributed by atoms with Crippen LogP contribution in [0.5, 0.6) is 0 Å². The highest BCUT2D eigenvalue weighted by atomic mass is 16.5. The van der Waals surface area contributed by atoms with E-state index in [1.165, 1.54) is 0 Å². The molecule has 0 fully saturated rings. The maximum Gasteiger partial charge on any atom is 0.162 e. The van der Waals surface area contributed by atoms with Crippen molar-refractivity contribution in [3.05, 3.63) is 71.8 Å². The first-order valence-corrected chi connectivity index (χ1v) is 8.01. The van der Waals surface area contributed by atoms with Crippen LogP contribution in [0.25, 0.3) is 0 Å². The van der Waals surface area contributed by atoms with E-state index in [0.29, 0.717) is 38.9 Å². The van der Waals surface area contributed by atoms with Crippen molar-refractivity contribution in [2.75, 3.05) is 13.2 Å². The minimum atomic E-state index is 0.147. The highest BCUT2D eigenvalue weighted by molar-refractivity contribution is 5.96. The first kappa shape index (κ1) is 17.1. The molecule has 0 unspecified atom stereocenters. The summed E-state index contributed by atoms with van der Waals surface area (Å²) < 4.78 is 5.50. The second-order valence-electron chi connectivity index (χ2n) is 5.40. The third-order valence-corrected chi connectivity index (χ3v) is 3.58. The lowest BCUT2D eigenvalue weighted by Crippen LogP contribution is -2.05. The van der Waals surface area contributed by atoms with E-state index >= 15 is 0 Å². The fourth-order valence-corrected chi connectivity index (χ4v) is 2.31. The van der Waals surface area contributed by atoms with Gasteiger partial charge in [0, 0.05) is 37.2 Å². The van der Waals surface area contributed by atoms with Crippen LogP contribution in [0, 0.1) is 0 Å². The van der Waals surface area contributed by atoms with Crippen molar-refractivity contribution < 1.29 is 14.3 Å². The number of benzene rings is 2. The molecule has 3 nitrogen and oxygen atoms in total. The highest BCUT2D eigenvalue weighted by Gasteiger charge is 2.06. The summed E-state index contributed by atoms with van der Waals surface area (Å²) >= 11 is 0. The van der Waals surface area contributed by atoms with Crippen LogP contribution in [0.15, 0.2) is 60.7 Å². The van der Waals surface area contributed by atoms with E-state index in [0.717, 1.165) is 11.1 Å². The van der Waals surface area contributed by atoms with Crippen molar-refractivity contribution in [3.8, 4) is 0 Å². The molecule has 2 aromatic rings. The molecule has 2 aromatic carbocycles. The molecule has 120 valence electrons. The minimum Gasteiger partial charge on any atom is -0.381 e. The summed E-state index contributed by atoms with van der Waals surface area (Å²) in [5.74, 6) is 0.293. The van der Waals surface area contributed by atoms with Crippen molar-refractivity contribution in [2.45, 2.75) is 25.7 Å². The molecule has 2 rings (SSSR count). The molecule has 0 bridgehead atoms. The number of ether oxygens (including phenoxy) is 1. The van der Waals surface area contributed by atoms with Crippen LogP contribution >= 0.6 is 0 Å². The normalized spacial score (nSPS) is 10.4. The van der Waals surface area contributed by atoms with Crippen LogP contribution < -0.4 is 0 Å². The maximum absolute atomic E-state index is 11.9. The number of ketones is 2. The lowest BCUT2D eigenvalue weighted by molar-refractivity contribution is 0.0906. The number of rotatable bonds is 10. The second kappa shape index (κ2) is 9.70. The Morgan fingerprint density at radius 1 is 0.652 bits per heavy atom. The highest BCUT2D eigenvalue weighted by Crippen LogP contribution is 2.07. The average Bonchev–Trinajstić information content (AvgIpc) is 2.62. The lowest BCUT2D eigenvalue weighted by atomic mass is 10.1. The third-order valence-electron chi connectivity index (χ3n) is 3.58. The Morgan fingerprint density at radius 3 is 1.43 bits per heavy atom. The van der Waals surface area contributed by atoms with Crippen LogP contribution in [0.4, 0.5) is 0 Å². The van der Waals surface area contributed by atoms with Gasteiger partial charge in [0.15, 0.2) is 11.6 Å². The molecule has 0 radical (unpaired) electrons. The van der Waals surface area contributed by atoms with Crippen molar-refractivity contribution in [1.82, 2.24) is 0 Å². The summed E-state index contributed by atoms with van der Waals surface area (Å²) in [6.07, 6.45) is 2.40. The van der Waals surface area contributed by atoms with Gasteiger partial charge in [0.05, 0.1) is 0 Å². The maximum atomic E-state index is 11.9.